The Morgan fingerprint density at radius 2 is 2.10 bits per heavy atom. The first-order chi connectivity index (χ1) is 14.1. The molecule has 8 nitrogen and oxygen atoms in total. The molecule has 2 heterocycles. The first-order valence-electron chi connectivity index (χ1n) is 10.2. The maximum atomic E-state index is 12.7. The van der Waals surface area contributed by atoms with Crippen LogP contribution in [0.5, 0.6) is 0 Å². The summed E-state index contributed by atoms with van der Waals surface area (Å²) < 4.78 is 22.5. The lowest BCUT2D eigenvalue weighted by Gasteiger charge is -2.34. The average molecular weight is 420 g/mol. The number of hydrogen-bond donors (Lipinski definition) is 0. The van der Waals surface area contributed by atoms with Gasteiger partial charge in [-0.3, -0.25) is 14.4 Å². The zero-order valence-electron chi connectivity index (χ0n) is 17.7. The number of fused-ring (bicyclic) bond motifs is 2. The van der Waals surface area contributed by atoms with Gasteiger partial charge < -0.3 is 18.9 Å². The van der Waals surface area contributed by atoms with E-state index in [1.54, 1.807) is 13.0 Å². The van der Waals surface area contributed by atoms with Crippen molar-refractivity contribution in [3.05, 3.63) is 23.8 Å². The third-order valence-electron chi connectivity index (χ3n) is 6.14. The van der Waals surface area contributed by atoms with Gasteiger partial charge in [0.15, 0.2) is 24.1 Å². The van der Waals surface area contributed by atoms with Crippen molar-refractivity contribution in [2.24, 2.45) is 11.8 Å². The van der Waals surface area contributed by atoms with Crippen molar-refractivity contribution in [2.75, 3.05) is 0 Å². The fourth-order valence-corrected chi connectivity index (χ4v) is 4.11. The van der Waals surface area contributed by atoms with E-state index >= 15 is 0 Å². The highest BCUT2D eigenvalue weighted by molar-refractivity contribution is 5.91. The molecule has 0 aromatic rings. The van der Waals surface area contributed by atoms with Crippen molar-refractivity contribution in [3.8, 4) is 0 Å². The maximum absolute atomic E-state index is 12.7. The number of allylic oxidation sites excluding steroid dienone is 1. The van der Waals surface area contributed by atoms with Gasteiger partial charge in [0.25, 0.3) is 0 Å². The summed E-state index contributed by atoms with van der Waals surface area (Å²) in [5.41, 5.74) is -0.400. The second-order valence-corrected chi connectivity index (χ2v) is 8.29. The Morgan fingerprint density at radius 3 is 2.70 bits per heavy atom. The minimum atomic E-state index is -1.44. The number of aldehydes is 1. The smallest absolute Gasteiger partial charge is 0.334 e. The van der Waals surface area contributed by atoms with Crippen LogP contribution in [0, 0.1) is 11.8 Å². The fraction of sp³-hybridized carbons (Fsp3) is 0.636. The van der Waals surface area contributed by atoms with Crippen molar-refractivity contribution in [2.45, 2.75) is 77.0 Å². The molecule has 30 heavy (non-hydrogen) atoms. The molecule has 1 aliphatic carbocycles. The van der Waals surface area contributed by atoms with Gasteiger partial charge in [0.1, 0.15) is 6.10 Å². The molecule has 0 radical (unpaired) electrons. The van der Waals surface area contributed by atoms with E-state index in [0.29, 0.717) is 25.5 Å². The van der Waals surface area contributed by atoms with Gasteiger partial charge in [-0.1, -0.05) is 26.0 Å². The van der Waals surface area contributed by atoms with Crippen LogP contribution in [0.1, 0.15) is 47.0 Å². The maximum Gasteiger partial charge on any atom is 0.334 e. The van der Waals surface area contributed by atoms with E-state index in [1.165, 1.54) is 6.92 Å². The average Bonchev–Trinajstić information content (AvgIpc) is 3.35. The SMILES string of the molecule is C=C1C(=O)OC2C=C(C)CCC3OC3(C=O)C(OC(C)=O)C(OC(=O)C(C)CC)C12. The van der Waals surface area contributed by atoms with Crippen molar-refractivity contribution in [1.82, 2.24) is 0 Å². The second kappa shape index (κ2) is 8.34. The predicted molar refractivity (Wildman–Crippen MR) is 104 cm³/mol. The molecule has 7 atom stereocenters. The molecule has 3 aliphatic rings. The van der Waals surface area contributed by atoms with Crippen LogP contribution >= 0.6 is 0 Å². The summed E-state index contributed by atoms with van der Waals surface area (Å²) in [5, 5.41) is 0. The summed E-state index contributed by atoms with van der Waals surface area (Å²) in [5.74, 6) is -3.04. The monoisotopic (exact) mass is 420 g/mol. The first kappa shape index (κ1) is 22.2. The molecule has 8 heteroatoms. The molecule has 164 valence electrons. The lowest BCUT2D eigenvalue weighted by atomic mass is 9.80. The van der Waals surface area contributed by atoms with Crippen LogP contribution in [0.15, 0.2) is 23.8 Å². The van der Waals surface area contributed by atoms with E-state index < -0.39 is 59.8 Å². The molecule has 0 aromatic carbocycles. The van der Waals surface area contributed by atoms with Gasteiger partial charge in [0.05, 0.1) is 17.9 Å². The quantitative estimate of drug-likeness (QED) is 0.166. The van der Waals surface area contributed by atoms with Gasteiger partial charge in [-0.05, 0) is 32.3 Å². The highest BCUT2D eigenvalue weighted by Crippen LogP contribution is 2.48. The third kappa shape index (κ3) is 3.93. The van der Waals surface area contributed by atoms with Crippen molar-refractivity contribution in [3.63, 3.8) is 0 Å². The van der Waals surface area contributed by atoms with Gasteiger partial charge in [-0.15, -0.1) is 0 Å². The predicted octanol–water partition coefficient (Wildman–Crippen LogP) is 2.05. The number of epoxide rings is 1. The molecule has 0 N–H and O–H groups in total. The molecule has 0 aromatic heterocycles. The molecule has 7 unspecified atom stereocenters. The second-order valence-electron chi connectivity index (χ2n) is 8.29. The highest BCUT2D eigenvalue weighted by atomic mass is 16.7. The zero-order chi connectivity index (χ0) is 22.2. The number of carbonyl (C=O) groups excluding carboxylic acids is 4. The Labute approximate surface area is 175 Å². The minimum Gasteiger partial charge on any atom is -0.457 e. The van der Waals surface area contributed by atoms with Crippen LogP contribution in [0.3, 0.4) is 0 Å². The van der Waals surface area contributed by atoms with Crippen LogP contribution in [0.2, 0.25) is 0 Å². The molecule has 2 aliphatic heterocycles. The van der Waals surface area contributed by atoms with Gasteiger partial charge in [0, 0.05) is 12.5 Å². The van der Waals surface area contributed by atoms with E-state index in [-0.39, 0.29) is 5.57 Å². The van der Waals surface area contributed by atoms with Gasteiger partial charge in [-0.25, -0.2) is 4.79 Å². The van der Waals surface area contributed by atoms with Crippen LogP contribution in [-0.2, 0) is 38.1 Å². The molecule has 0 saturated carbocycles. The molecule has 3 rings (SSSR count). The van der Waals surface area contributed by atoms with Crippen molar-refractivity contribution in [1.29, 1.82) is 0 Å². The van der Waals surface area contributed by atoms with Gasteiger partial charge in [0.2, 0.25) is 0 Å². The van der Waals surface area contributed by atoms with Gasteiger partial charge in [-0.2, -0.15) is 0 Å². The van der Waals surface area contributed by atoms with E-state index in [1.807, 2.05) is 13.8 Å². The largest absolute Gasteiger partial charge is 0.457 e. The van der Waals surface area contributed by atoms with Crippen molar-refractivity contribution < 1.29 is 38.1 Å². The standard InChI is InChI=1S/C22H28O8/c1-6-12(3)20(25)29-18-17-13(4)21(26)28-15(17)9-11(2)7-8-16-22(10-23,30-16)19(18)27-14(5)24/h9-10,12,15-19H,4,6-8H2,1-3,5H3. The van der Waals surface area contributed by atoms with Crippen LogP contribution < -0.4 is 0 Å². The third-order valence-corrected chi connectivity index (χ3v) is 6.14. The topological polar surface area (TPSA) is 108 Å². The normalized spacial score (nSPS) is 36.4. The highest BCUT2D eigenvalue weighted by Gasteiger charge is 2.68. The Bertz CT molecular complexity index is 799. The molecule has 0 bridgehead atoms. The number of rotatable bonds is 5. The van der Waals surface area contributed by atoms with Crippen LogP contribution in [0.25, 0.3) is 0 Å². The Hall–Kier alpha value is -2.48. The molecule has 2 fully saturated rings. The Kier molecular flexibility index (Phi) is 6.17. The van der Waals surface area contributed by atoms with Gasteiger partial charge >= 0.3 is 17.9 Å². The fourth-order valence-electron chi connectivity index (χ4n) is 4.11. The van der Waals surface area contributed by atoms with E-state index in [4.69, 9.17) is 18.9 Å². The van der Waals surface area contributed by atoms with E-state index in [2.05, 4.69) is 6.58 Å². The molecule has 0 spiro atoms. The molecule has 0 amide bonds. The number of hydrogen-bond acceptors (Lipinski definition) is 8. The van der Waals surface area contributed by atoms with Crippen LogP contribution in [0.4, 0.5) is 0 Å². The molecule has 2 saturated heterocycles. The van der Waals surface area contributed by atoms with E-state index in [0.717, 1.165) is 5.57 Å². The number of esters is 3. The minimum absolute atomic E-state index is 0.0991. The summed E-state index contributed by atoms with van der Waals surface area (Å²) in [6.07, 6.45) is 0.414. The Balaban J connectivity index is 2.12. The lowest BCUT2D eigenvalue weighted by molar-refractivity contribution is -0.180. The van der Waals surface area contributed by atoms with Crippen molar-refractivity contribution >= 4 is 24.2 Å². The molecular formula is C22H28O8. The summed E-state index contributed by atoms with van der Waals surface area (Å²) in [6, 6.07) is 0. The molecular weight excluding hydrogens is 392 g/mol. The summed E-state index contributed by atoms with van der Waals surface area (Å²) in [6.45, 7) is 10.5. The number of carbonyl (C=O) groups is 4. The summed E-state index contributed by atoms with van der Waals surface area (Å²) >= 11 is 0. The summed E-state index contributed by atoms with van der Waals surface area (Å²) in [4.78, 5) is 49.1. The first-order valence-corrected chi connectivity index (χ1v) is 10.2. The van der Waals surface area contributed by atoms with E-state index in [9.17, 15) is 19.2 Å². The lowest BCUT2D eigenvalue weighted by Crippen LogP contribution is -2.53. The summed E-state index contributed by atoms with van der Waals surface area (Å²) in [7, 11) is 0. The zero-order valence-corrected chi connectivity index (χ0v) is 17.7. The number of ether oxygens (including phenoxy) is 4. The Morgan fingerprint density at radius 1 is 1.40 bits per heavy atom. The van der Waals surface area contributed by atoms with Crippen LogP contribution in [-0.4, -0.2) is 54.2 Å².